The van der Waals surface area contributed by atoms with Gasteiger partial charge in [0, 0.05) is 0 Å². The maximum absolute atomic E-state index is 7.34. The summed E-state index contributed by atoms with van der Waals surface area (Å²) in [4.78, 5) is 3.88. The molecule has 1 N–H and O–H groups in total. The molecular formula is CH3IO3. The van der Waals surface area contributed by atoms with E-state index in [0.717, 1.165) is 0 Å². The summed E-state index contributed by atoms with van der Waals surface area (Å²) >= 11 is 1.88. The molecule has 0 rings (SSSR count). The van der Waals surface area contributed by atoms with E-state index in [1.54, 1.807) is 0 Å². The summed E-state index contributed by atoms with van der Waals surface area (Å²) in [6.07, 6.45) is 0. The predicted molar refractivity (Wildman–Crippen MR) is 23.7 cm³/mol. The zero-order valence-electron chi connectivity index (χ0n) is 2.35. The molecule has 0 aromatic carbocycles. The molecule has 0 aliphatic rings. The lowest BCUT2D eigenvalue weighted by atomic mass is 11.8. The van der Waals surface area contributed by atoms with E-state index in [-0.39, 0.29) is 0 Å². The summed E-state index contributed by atoms with van der Waals surface area (Å²) in [7, 11) is 0. The van der Waals surface area contributed by atoms with E-state index >= 15 is 0 Å². The van der Waals surface area contributed by atoms with Crippen LogP contribution in [-0.2, 0) is 9.93 Å². The van der Waals surface area contributed by atoms with Crippen LogP contribution in [0.5, 0.6) is 0 Å². The summed E-state index contributed by atoms with van der Waals surface area (Å²) in [6.45, 7) is 0. The second kappa shape index (κ2) is 4.61. The summed E-state index contributed by atoms with van der Waals surface area (Å²) in [6, 6.07) is 0. The lowest BCUT2D eigenvalue weighted by Crippen LogP contribution is -1.81. The van der Waals surface area contributed by atoms with Gasteiger partial charge in [0.05, 0.1) is 0 Å². The van der Waals surface area contributed by atoms with Gasteiger partial charge >= 0.3 is 0 Å². The highest BCUT2D eigenvalue weighted by molar-refractivity contribution is 14.1. The molecule has 0 radical (unpaired) electrons. The van der Waals surface area contributed by atoms with Crippen LogP contribution in [0.4, 0.5) is 0 Å². The van der Waals surface area contributed by atoms with Gasteiger partial charge in [-0.15, -0.1) is 0 Å². The van der Waals surface area contributed by atoms with Gasteiger partial charge in [-0.2, -0.15) is 4.89 Å². The van der Waals surface area contributed by atoms with Crippen molar-refractivity contribution in [3.05, 3.63) is 0 Å². The summed E-state index contributed by atoms with van der Waals surface area (Å²) in [5.74, 6) is 0. The second-order valence-electron chi connectivity index (χ2n) is 0.301. The number of alkyl halides is 1. The van der Waals surface area contributed by atoms with Gasteiger partial charge in [0.15, 0.2) is 0 Å². The zero-order valence-corrected chi connectivity index (χ0v) is 4.51. The van der Waals surface area contributed by atoms with Crippen molar-refractivity contribution < 1.29 is 15.2 Å². The van der Waals surface area contributed by atoms with E-state index in [1.165, 1.54) is 0 Å². The Hall–Kier alpha value is 0.610. The predicted octanol–water partition coefficient (Wildman–Crippen LogP) is 0.800. The largest absolute Gasteiger partial charge is 0.221 e. The first-order valence-electron chi connectivity index (χ1n) is 0.905. The topological polar surface area (TPSA) is 38.7 Å². The van der Waals surface area contributed by atoms with Crippen LogP contribution in [0.1, 0.15) is 0 Å². The molecule has 0 aromatic heterocycles. The molecule has 0 bridgehead atoms. The number of hydrogen-bond donors (Lipinski definition) is 1. The van der Waals surface area contributed by atoms with E-state index in [1.807, 2.05) is 22.6 Å². The standard InChI is InChI=1S/CH3IO3/c2-1-4-5-3/h3H,1H2. The van der Waals surface area contributed by atoms with Crippen molar-refractivity contribution in [1.29, 1.82) is 0 Å². The van der Waals surface area contributed by atoms with Crippen molar-refractivity contribution in [1.82, 2.24) is 0 Å². The minimum atomic E-state index is 0.342. The Morgan fingerprint density at radius 1 is 1.80 bits per heavy atom. The minimum absolute atomic E-state index is 0.342. The molecule has 3 nitrogen and oxygen atoms in total. The first-order valence-corrected chi connectivity index (χ1v) is 2.43. The van der Waals surface area contributed by atoms with Gasteiger partial charge in [-0.3, -0.25) is 0 Å². The van der Waals surface area contributed by atoms with Gasteiger partial charge in [0.2, 0.25) is 0 Å². The summed E-state index contributed by atoms with van der Waals surface area (Å²) < 4.78 is 0.342. The fourth-order valence-electron chi connectivity index (χ4n) is 0.0199. The average molecular weight is 190 g/mol. The third-order valence-corrected chi connectivity index (χ3v) is 0.352. The Labute approximate surface area is 42.9 Å². The maximum atomic E-state index is 7.34. The molecular weight excluding hydrogens is 187 g/mol. The summed E-state index contributed by atoms with van der Waals surface area (Å²) in [5.41, 5.74) is 0. The third kappa shape index (κ3) is 4.61. The van der Waals surface area contributed by atoms with Crippen molar-refractivity contribution in [2.45, 2.75) is 0 Å². The van der Waals surface area contributed by atoms with Crippen molar-refractivity contribution in [3.63, 3.8) is 0 Å². The molecule has 0 aliphatic carbocycles. The average Bonchev–Trinajstić information content (AvgIpc) is 1.41. The molecule has 0 unspecified atom stereocenters. The molecule has 32 valence electrons. The maximum Gasteiger partial charge on any atom is 0.136 e. The molecule has 0 atom stereocenters. The van der Waals surface area contributed by atoms with Crippen LogP contribution in [0, 0.1) is 0 Å². The monoisotopic (exact) mass is 190 g/mol. The number of halogens is 1. The van der Waals surface area contributed by atoms with Crippen LogP contribution in [0.2, 0.25) is 0 Å². The Kier molecular flexibility index (Phi) is 5.17. The Bertz CT molecular complexity index is 14.4. The van der Waals surface area contributed by atoms with Crippen LogP contribution in [0.3, 0.4) is 0 Å². The van der Waals surface area contributed by atoms with Gasteiger partial charge in [-0.1, -0.05) is 27.6 Å². The van der Waals surface area contributed by atoms with Crippen LogP contribution < -0.4 is 0 Å². The lowest BCUT2D eigenvalue weighted by Gasteiger charge is -1.81. The SMILES string of the molecule is OOOCI. The fraction of sp³-hybridized carbons (Fsp3) is 1.00. The quantitative estimate of drug-likeness (QED) is 0.303. The highest BCUT2D eigenvalue weighted by atomic mass is 127. The van der Waals surface area contributed by atoms with Gasteiger partial charge < -0.3 is 0 Å². The van der Waals surface area contributed by atoms with Gasteiger partial charge in [-0.25, -0.2) is 5.26 Å². The summed E-state index contributed by atoms with van der Waals surface area (Å²) in [5, 5.41) is 10.5. The molecule has 0 aliphatic heterocycles. The highest BCUT2D eigenvalue weighted by Gasteiger charge is 1.67. The van der Waals surface area contributed by atoms with E-state index in [4.69, 9.17) is 5.26 Å². The normalized spacial score (nSPS) is 8.40. The van der Waals surface area contributed by atoms with Gasteiger partial charge in [0.1, 0.15) is 4.61 Å². The van der Waals surface area contributed by atoms with E-state index < -0.39 is 0 Å². The van der Waals surface area contributed by atoms with E-state index in [0.29, 0.717) is 4.61 Å². The van der Waals surface area contributed by atoms with E-state index in [9.17, 15) is 0 Å². The first kappa shape index (κ1) is 5.61. The Morgan fingerprint density at radius 2 is 2.40 bits per heavy atom. The minimum Gasteiger partial charge on any atom is -0.221 e. The highest BCUT2D eigenvalue weighted by Crippen LogP contribution is 1.79. The van der Waals surface area contributed by atoms with E-state index in [2.05, 4.69) is 9.93 Å². The molecule has 0 heterocycles. The van der Waals surface area contributed by atoms with Crippen molar-refractivity contribution in [3.8, 4) is 0 Å². The lowest BCUT2D eigenvalue weighted by molar-refractivity contribution is -0.481. The molecule has 0 saturated heterocycles. The smallest absolute Gasteiger partial charge is 0.136 e. The zero-order chi connectivity index (χ0) is 4.12. The molecule has 5 heavy (non-hydrogen) atoms. The number of hydrogen-bond acceptors (Lipinski definition) is 3. The van der Waals surface area contributed by atoms with Crippen LogP contribution >= 0.6 is 22.6 Å². The van der Waals surface area contributed by atoms with Crippen LogP contribution in [0.15, 0.2) is 0 Å². The molecule has 0 fully saturated rings. The van der Waals surface area contributed by atoms with Crippen molar-refractivity contribution >= 4 is 22.6 Å². The molecule has 0 amide bonds. The number of rotatable bonds is 2. The Morgan fingerprint density at radius 3 is 2.40 bits per heavy atom. The molecule has 0 spiro atoms. The van der Waals surface area contributed by atoms with Crippen LogP contribution in [0.25, 0.3) is 0 Å². The molecule has 0 aromatic rings. The second-order valence-corrected chi connectivity index (χ2v) is 0.924. The fourth-order valence-corrected chi connectivity index (χ4v) is 0.134. The molecule has 4 heteroatoms. The first-order chi connectivity index (χ1) is 2.41. The van der Waals surface area contributed by atoms with Gasteiger partial charge in [-0.05, 0) is 0 Å². The van der Waals surface area contributed by atoms with Crippen LogP contribution in [-0.4, -0.2) is 9.87 Å². The molecule has 0 saturated carbocycles. The van der Waals surface area contributed by atoms with Crippen molar-refractivity contribution in [2.24, 2.45) is 0 Å². The third-order valence-electron chi connectivity index (χ3n) is 0.0972. The van der Waals surface area contributed by atoms with Crippen molar-refractivity contribution in [2.75, 3.05) is 4.61 Å². The van der Waals surface area contributed by atoms with Gasteiger partial charge in [0.25, 0.3) is 0 Å². The Balaban J connectivity index is 2.19.